The monoisotopic (exact) mass is 648 g/mol. The van der Waals surface area contributed by atoms with Crippen LogP contribution in [0, 0.1) is 11.7 Å². The van der Waals surface area contributed by atoms with Crippen molar-refractivity contribution < 1.29 is 35.5 Å². The van der Waals surface area contributed by atoms with Crippen LogP contribution in [0.3, 0.4) is 0 Å². The van der Waals surface area contributed by atoms with E-state index in [0.717, 1.165) is 18.3 Å². The zero-order chi connectivity index (χ0) is 32.3. The van der Waals surface area contributed by atoms with E-state index in [1.807, 2.05) is 0 Å². The second kappa shape index (κ2) is 11.3. The summed E-state index contributed by atoms with van der Waals surface area (Å²) in [5, 5.41) is 2.24. The van der Waals surface area contributed by atoms with Crippen molar-refractivity contribution in [3.05, 3.63) is 71.7 Å². The highest BCUT2D eigenvalue weighted by atomic mass is 32.2. The maximum Gasteiger partial charge on any atom is 0.416 e. The van der Waals surface area contributed by atoms with Gasteiger partial charge in [-0.15, -0.1) is 0 Å². The lowest BCUT2D eigenvalue weighted by Crippen LogP contribution is -2.48. The van der Waals surface area contributed by atoms with E-state index in [9.17, 15) is 26.4 Å². The van der Waals surface area contributed by atoms with Crippen LogP contribution < -0.4 is 15.8 Å². The smallest absolute Gasteiger partial charge is 0.382 e. The van der Waals surface area contributed by atoms with E-state index in [1.165, 1.54) is 22.6 Å². The number of hydrogen-bond acceptors (Lipinski definition) is 8. The summed E-state index contributed by atoms with van der Waals surface area (Å²) in [4.78, 5) is 25.4. The van der Waals surface area contributed by atoms with Gasteiger partial charge < -0.3 is 15.8 Å². The summed E-state index contributed by atoms with van der Waals surface area (Å²) < 4.78 is 93.1. The van der Waals surface area contributed by atoms with Crippen molar-refractivity contribution in [3.8, 4) is 11.3 Å². The number of imidazole rings is 1. The van der Waals surface area contributed by atoms with Crippen molar-refractivity contribution in [2.24, 2.45) is 5.92 Å². The van der Waals surface area contributed by atoms with Gasteiger partial charge in [-0.05, 0) is 50.6 Å². The fourth-order valence-corrected chi connectivity index (χ4v) is 7.68. The first-order chi connectivity index (χ1) is 21.2. The second-order valence-corrected chi connectivity index (χ2v) is 12.8. The number of anilines is 2. The number of alkyl halides is 3. The molecule has 0 bridgehead atoms. The number of carbonyl (C=O) groups is 1. The number of nitrogens with one attached hydrogen (secondary N) is 2. The number of nitrogens with zero attached hydrogens (tertiary/aromatic N) is 5. The Bertz CT molecular complexity index is 1900. The standard InChI is InChI=1S/C28H28F4N8O4S/c1-14(2)38-45(42,43)40-20(10-16-12-44-13-21(16)40)26-37-23(24-25(33)35-7-8-39(24)26)18-4-3-15(9-19(18)29)27(41)36-22-11-17(5-6-34-22)28(30,31)32/h3-9,11,14,16,20-21,38H,10,12-13H2,1-2H3,(H2,33,35)(H,34,36,41)/t16-,20-,21+/m0/s1. The Hall–Kier alpha value is -4.19. The summed E-state index contributed by atoms with van der Waals surface area (Å²) in [6, 6.07) is 3.36. The van der Waals surface area contributed by atoms with E-state index in [0.29, 0.717) is 24.9 Å². The third-order valence-corrected chi connectivity index (χ3v) is 9.56. The Labute approximate surface area is 254 Å². The summed E-state index contributed by atoms with van der Waals surface area (Å²) in [6.45, 7) is 4.02. The number of nitrogens with two attached hydrogens (primary N) is 1. The molecule has 45 heavy (non-hydrogen) atoms. The lowest BCUT2D eigenvalue weighted by molar-refractivity contribution is -0.137. The first-order valence-electron chi connectivity index (χ1n) is 13.9. The molecule has 2 aliphatic heterocycles. The highest BCUT2D eigenvalue weighted by Crippen LogP contribution is 2.45. The zero-order valence-corrected chi connectivity index (χ0v) is 24.7. The van der Waals surface area contributed by atoms with Gasteiger partial charge in [0.2, 0.25) is 0 Å². The number of pyridine rings is 1. The van der Waals surface area contributed by atoms with Gasteiger partial charge in [0.15, 0.2) is 0 Å². The minimum atomic E-state index is -4.64. The Balaban J connectivity index is 1.37. The fraction of sp³-hybridized carbons (Fsp3) is 0.357. The number of ether oxygens (including phenoxy) is 1. The largest absolute Gasteiger partial charge is 0.416 e. The number of fused-ring (bicyclic) bond motifs is 2. The number of nitrogen functional groups attached to an aromatic ring is 1. The Morgan fingerprint density at radius 1 is 1.13 bits per heavy atom. The van der Waals surface area contributed by atoms with E-state index in [1.54, 1.807) is 24.4 Å². The van der Waals surface area contributed by atoms with Crippen molar-refractivity contribution in [3.63, 3.8) is 0 Å². The maximum absolute atomic E-state index is 15.7. The molecule has 0 saturated carbocycles. The fourth-order valence-electron chi connectivity index (χ4n) is 5.86. The van der Waals surface area contributed by atoms with Crippen LogP contribution in [-0.2, 0) is 21.1 Å². The number of carbonyl (C=O) groups excluding carboxylic acids is 1. The SMILES string of the molecule is CC(C)NS(=O)(=O)N1[C@@H]2COC[C@@H]2C[C@H]1c1nc(-c2ccc(C(=O)Nc3cc(C(F)(F)F)ccn3)cc2F)c2c(N)nccn12. The van der Waals surface area contributed by atoms with Crippen molar-refractivity contribution in [1.82, 2.24) is 28.4 Å². The molecule has 0 unspecified atom stereocenters. The molecule has 5 heterocycles. The molecule has 0 radical (unpaired) electrons. The molecule has 1 aromatic carbocycles. The third kappa shape index (κ3) is 5.71. The Morgan fingerprint density at radius 3 is 2.62 bits per heavy atom. The van der Waals surface area contributed by atoms with Crippen LogP contribution in [0.15, 0.2) is 48.9 Å². The molecule has 3 atom stereocenters. The van der Waals surface area contributed by atoms with Crippen LogP contribution in [0.4, 0.5) is 29.2 Å². The van der Waals surface area contributed by atoms with Gasteiger partial charge in [-0.2, -0.15) is 30.6 Å². The van der Waals surface area contributed by atoms with Crippen LogP contribution in [-0.4, -0.2) is 63.3 Å². The molecule has 0 aliphatic carbocycles. The topological polar surface area (TPSA) is 157 Å². The lowest BCUT2D eigenvalue weighted by Gasteiger charge is -2.28. The summed E-state index contributed by atoms with van der Waals surface area (Å²) in [7, 11) is -3.99. The number of benzene rings is 1. The van der Waals surface area contributed by atoms with Gasteiger partial charge in [0.1, 0.15) is 34.5 Å². The van der Waals surface area contributed by atoms with Gasteiger partial charge in [0.25, 0.3) is 16.1 Å². The quantitative estimate of drug-likeness (QED) is 0.256. The molecule has 12 nitrogen and oxygen atoms in total. The average molecular weight is 649 g/mol. The summed E-state index contributed by atoms with van der Waals surface area (Å²) in [5.41, 5.74) is 5.29. The molecular formula is C28H28F4N8O4S. The lowest BCUT2D eigenvalue weighted by atomic mass is 10.0. The number of hydrogen-bond donors (Lipinski definition) is 3. The minimum absolute atomic E-state index is 0.0133. The van der Waals surface area contributed by atoms with Crippen molar-refractivity contribution >= 4 is 33.3 Å². The van der Waals surface area contributed by atoms with E-state index in [-0.39, 0.29) is 52.5 Å². The number of aromatic nitrogens is 4. The Morgan fingerprint density at radius 2 is 1.91 bits per heavy atom. The molecule has 6 rings (SSSR count). The van der Waals surface area contributed by atoms with E-state index in [4.69, 9.17) is 15.5 Å². The normalized spacial score (nSPS) is 20.6. The van der Waals surface area contributed by atoms with Gasteiger partial charge in [0, 0.05) is 41.7 Å². The molecular weight excluding hydrogens is 620 g/mol. The van der Waals surface area contributed by atoms with Crippen molar-refractivity contribution in [2.45, 2.75) is 44.6 Å². The number of halogens is 4. The van der Waals surface area contributed by atoms with Gasteiger partial charge in [-0.3, -0.25) is 9.20 Å². The zero-order valence-electron chi connectivity index (χ0n) is 23.9. The van der Waals surface area contributed by atoms with E-state index in [2.05, 4.69) is 20.0 Å². The molecule has 0 spiro atoms. The van der Waals surface area contributed by atoms with E-state index < -0.39 is 45.8 Å². The molecule has 2 aliphatic rings. The van der Waals surface area contributed by atoms with Crippen molar-refractivity contribution in [1.29, 1.82) is 0 Å². The predicted octanol–water partition coefficient (Wildman–Crippen LogP) is 3.79. The maximum atomic E-state index is 15.7. The first-order valence-corrected chi connectivity index (χ1v) is 15.3. The van der Waals surface area contributed by atoms with Gasteiger partial charge in [-0.25, -0.2) is 19.3 Å². The third-order valence-electron chi connectivity index (χ3n) is 7.71. The minimum Gasteiger partial charge on any atom is -0.382 e. The average Bonchev–Trinajstić information content (AvgIpc) is 3.65. The first kappa shape index (κ1) is 30.8. The summed E-state index contributed by atoms with van der Waals surface area (Å²) in [6.07, 6.45) is -0.360. The van der Waals surface area contributed by atoms with Crippen LogP contribution in [0.2, 0.25) is 0 Å². The van der Waals surface area contributed by atoms with Crippen LogP contribution in [0.1, 0.15) is 48.1 Å². The molecule has 238 valence electrons. The van der Waals surface area contributed by atoms with E-state index >= 15 is 4.39 Å². The molecule has 3 aromatic heterocycles. The molecule has 2 fully saturated rings. The molecule has 4 N–H and O–H groups in total. The van der Waals surface area contributed by atoms with Crippen LogP contribution in [0.25, 0.3) is 16.8 Å². The molecule has 1 amide bonds. The second-order valence-electron chi connectivity index (χ2n) is 11.1. The number of amides is 1. The highest BCUT2D eigenvalue weighted by molar-refractivity contribution is 7.87. The van der Waals surface area contributed by atoms with Crippen LogP contribution in [0.5, 0.6) is 0 Å². The van der Waals surface area contributed by atoms with Gasteiger partial charge in [-0.1, -0.05) is 0 Å². The summed E-state index contributed by atoms with van der Waals surface area (Å²) in [5.74, 6) is -1.90. The van der Waals surface area contributed by atoms with Crippen molar-refractivity contribution in [2.75, 3.05) is 24.3 Å². The molecule has 4 aromatic rings. The van der Waals surface area contributed by atoms with Gasteiger partial charge >= 0.3 is 6.18 Å². The van der Waals surface area contributed by atoms with Crippen LogP contribution >= 0.6 is 0 Å². The molecule has 2 saturated heterocycles. The van der Waals surface area contributed by atoms with Gasteiger partial charge in [0.05, 0.1) is 30.9 Å². The molecule has 17 heteroatoms. The summed E-state index contributed by atoms with van der Waals surface area (Å²) >= 11 is 0. The highest BCUT2D eigenvalue weighted by Gasteiger charge is 2.52. The number of rotatable bonds is 7. The predicted molar refractivity (Wildman–Crippen MR) is 154 cm³/mol. The Kier molecular flexibility index (Phi) is 7.75.